The second-order valence-corrected chi connectivity index (χ2v) is 7.50. The van der Waals surface area contributed by atoms with Crippen LogP contribution in [0.25, 0.3) is 11.1 Å². The molecule has 2 fully saturated rings. The second-order valence-electron chi connectivity index (χ2n) is 7.50. The molecule has 2 saturated heterocycles. The van der Waals surface area contributed by atoms with Crippen molar-refractivity contribution in [3.63, 3.8) is 0 Å². The zero-order chi connectivity index (χ0) is 19.8. The van der Waals surface area contributed by atoms with E-state index in [0.29, 0.717) is 5.56 Å². The Bertz CT molecular complexity index is 705. The van der Waals surface area contributed by atoms with Gasteiger partial charge in [-0.25, -0.2) is 0 Å². The van der Waals surface area contributed by atoms with Gasteiger partial charge in [-0.05, 0) is 55.5 Å². The van der Waals surface area contributed by atoms with Crippen LogP contribution in [-0.2, 0) is 10.9 Å². The zero-order valence-electron chi connectivity index (χ0n) is 16.1. The highest BCUT2D eigenvalue weighted by Gasteiger charge is 2.33. The van der Waals surface area contributed by atoms with E-state index in [9.17, 15) is 13.2 Å². The van der Waals surface area contributed by atoms with E-state index in [1.807, 2.05) is 0 Å². The van der Waals surface area contributed by atoms with Gasteiger partial charge in [0, 0.05) is 13.2 Å². The quantitative estimate of drug-likeness (QED) is 0.648. The first-order valence-electron chi connectivity index (χ1n) is 10.1. The molecule has 0 radical (unpaired) electrons. The van der Waals surface area contributed by atoms with E-state index in [4.69, 9.17) is 4.74 Å². The van der Waals surface area contributed by atoms with Crippen LogP contribution in [-0.4, -0.2) is 37.7 Å². The molecule has 0 spiro atoms. The van der Waals surface area contributed by atoms with E-state index < -0.39 is 11.7 Å². The number of hydrogen-bond acceptors (Lipinski definition) is 2. The number of likely N-dealkylation sites (tertiary alicyclic amines) is 1. The van der Waals surface area contributed by atoms with Gasteiger partial charge in [0.1, 0.15) is 0 Å². The summed E-state index contributed by atoms with van der Waals surface area (Å²) in [6.45, 7) is 5.96. The summed E-state index contributed by atoms with van der Waals surface area (Å²) in [4.78, 5) is 2.61. The van der Waals surface area contributed by atoms with Gasteiger partial charge < -0.3 is 9.64 Å². The molecule has 1 unspecified atom stereocenters. The lowest BCUT2D eigenvalue weighted by Crippen LogP contribution is -2.34. The van der Waals surface area contributed by atoms with Crippen molar-refractivity contribution in [2.24, 2.45) is 5.92 Å². The van der Waals surface area contributed by atoms with Crippen LogP contribution >= 0.6 is 0 Å². The Labute approximate surface area is 165 Å². The van der Waals surface area contributed by atoms with Crippen LogP contribution in [0.4, 0.5) is 13.2 Å². The standard InChI is InChI=1S/C13H9F3.C10H19NO/c14-13(15,16)12-9-5-4-8-11(12)10-6-2-1-3-7-10;1-2-5-11(6-3-1)8-10-4-7-12-9-10/h1-9H;10H,1-9H2. The molecule has 2 aliphatic heterocycles. The third-order valence-electron chi connectivity index (χ3n) is 5.31. The number of hydrogen-bond donors (Lipinski definition) is 0. The predicted octanol–water partition coefficient (Wildman–Crippen LogP) is 5.88. The van der Waals surface area contributed by atoms with Gasteiger partial charge in [0.15, 0.2) is 0 Å². The number of rotatable bonds is 3. The summed E-state index contributed by atoms with van der Waals surface area (Å²) in [6.07, 6.45) is 1.24. The van der Waals surface area contributed by atoms with Gasteiger partial charge in [0.2, 0.25) is 0 Å². The van der Waals surface area contributed by atoms with E-state index in [1.54, 1.807) is 36.4 Å². The van der Waals surface area contributed by atoms with Gasteiger partial charge in [-0.1, -0.05) is 55.0 Å². The van der Waals surface area contributed by atoms with Crippen LogP contribution in [0.15, 0.2) is 54.6 Å². The van der Waals surface area contributed by atoms with E-state index in [1.165, 1.54) is 57.5 Å². The summed E-state index contributed by atoms with van der Waals surface area (Å²) < 4.78 is 43.6. The van der Waals surface area contributed by atoms with Gasteiger partial charge in [0.25, 0.3) is 0 Å². The first-order chi connectivity index (χ1) is 13.5. The number of nitrogens with zero attached hydrogens (tertiary/aromatic N) is 1. The molecule has 0 aliphatic carbocycles. The lowest BCUT2D eigenvalue weighted by atomic mass is 9.99. The lowest BCUT2D eigenvalue weighted by molar-refractivity contribution is -0.137. The highest BCUT2D eigenvalue weighted by atomic mass is 19.4. The number of ether oxygens (including phenoxy) is 1. The van der Waals surface area contributed by atoms with Crippen molar-refractivity contribution in [3.05, 3.63) is 60.2 Å². The van der Waals surface area contributed by atoms with Gasteiger partial charge in [-0.2, -0.15) is 13.2 Å². The van der Waals surface area contributed by atoms with E-state index in [-0.39, 0.29) is 5.56 Å². The third kappa shape index (κ3) is 6.08. The molecule has 2 aliphatic rings. The monoisotopic (exact) mass is 391 g/mol. The van der Waals surface area contributed by atoms with Crippen molar-refractivity contribution in [3.8, 4) is 11.1 Å². The molecule has 0 amide bonds. The van der Waals surface area contributed by atoms with Crippen molar-refractivity contribution < 1.29 is 17.9 Å². The van der Waals surface area contributed by atoms with Gasteiger partial charge in [0.05, 0.1) is 12.2 Å². The molecule has 0 bridgehead atoms. The fourth-order valence-corrected chi connectivity index (χ4v) is 3.83. The maximum Gasteiger partial charge on any atom is 0.417 e. The van der Waals surface area contributed by atoms with Crippen molar-refractivity contribution in [2.45, 2.75) is 31.9 Å². The number of halogens is 3. The summed E-state index contributed by atoms with van der Waals surface area (Å²) in [5, 5.41) is 0. The number of benzene rings is 2. The zero-order valence-corrected chi connectivity index (χ0v) is 16.1. The van der Waals surface area contributed by atoms with Crippen LogP contribution in [0.2, 0.25) is 0 Å². The first-order valence-corrected chi connectivity index (χ1v) is 10.1. The van der Waals surface area contributed by atoms with Crippen LogP contribution in [0.1, 0.15) is 31.2 Å². The Morgan fingerprint density at radius 1 is 0.893 bits per heavy atom. The molecule has 5 heteroatoms. The molecule has 2 nitrogen and oxygen atoms in total. The molecule has 0 aromatic heterocycles. The maximum absolute atomic E-state index is 12.7. The Balaban J connectivity index is 0.000000167. The van der Waals surface area contributed by atoms with Crippen LogP contribution < -0.4 is 0 Å². The van der Waals surface area contributed by atoms with Gasteiger partial charge in [-0.15, -0.1) is 0 Å². The van der Waals surface area contributed by atoms with Gasteiger partial charge in [-0.3, -0.25) is 0 Å². The molecule has 0 saturated carbocycles. The summed E-state index contributed by atoms with van der Waals surface area (Å²) >= 11 is 0. The molecule has 28 heavy (non-hydrogen) atoms. The van der Waals surface area contributed by atoms with Crippen LogP contribution in [0, 0.1) is 5.92 Å². The summed E-state index contributed by atoms with van der Waals surface area (Å²) in [7, 11) is 0. The minimum atomic E-state index is -4.31. The average Bonchev–Trinajstić information content (AvgIpc) is 3.22. The summed E-state index contributed by atoms with van der Waals surface area (Å²) in [5.74, 6) is 0.836. The molecular formula is C23H28F3NO. The van der Waals surface area contributed by atoms with Crippen molar-refractivity contribution >= 4 is 0 Å². The highest BCUT2D eigenvalue weighted by molar-refractivity contribution is 5.67. The average molecular weight is 391 g/mol. The Hall–Kier alpha value is -1.85. The fraction of sp³-hybridized carbons (Fsp3) is 0.478. The molecule has 152 valence electrons. The van der Waals surface area contributed by atoms with Gasteiger partial charge >= 0.3 is 6.18 Å². The minimum absolute atomic E-state index is 0.218. The molecule has 1 atom stereocenters. The largest absolute Gasteiger partial charge is 0.417 e. The van der Waals surface area contributed by atoms with E-state index in [2.05, 4.69) is 4.90 Å². The summed E-state index contributed by atoms with van der Waals surface area (Å²) in [6, 6.07) is 14.2. The predicted molar refractivity (Wildman–Crippen MR) is 106 cm³/mol. The van der Waals surface area contributed by atoms with Crippen molar-refractivity contribution in [1.82, 2.24) is 4.90 Å². The lowest BCUT2D eigenvalue weighted by Gasteiger charge is -2.28. The van der Waals surface area contributed by atoms with Crippen molar-refractivity contribution in [2.75, 3.05) is 32.8 Å². The number of alkyl halides is 3. The topological polar surface area (TPSA) is 12.5 Å². The molecule has 2 heterocycles. The summed E-state index contributed by atoms with van der Waals surface area (Å²) in [5.41, 5.74) is 0.201. The Morgan fingerprint density at radius 2 is 1.57 bits per heavy atom. The molecule has 4 rings (SSSR count). The molecule has 2 aromatic rings. The Morgan fingerprint density at radius 3 is 2.21 bits per heavy atom. The minimum Gasteiger partial charge on any atom is -0.381 e. The maximum atomic E-state index is 12.7. The normalized spacial score (nSPS) is 20.5. The molecule has 0 N–H and O–H groups in total. The Kier molecular flexibility index (Phi) is 7.51. The number of piperidine rings is 1. The second kappa shape index (κ2) is 10.1. The fourth-order valence-electron chi connectivity index (χ4n) is 3.83. The van der Waals surface area contributed by atoms with Crippen LogP contribution in [0.3, 0.4) is 0 Å². The molecular weight excluding hydrogens is 363 g/mol. The van der Waals surface area contributed by atoms with E-state index in [0.717, 1.165) is 25.2 Å². The third-order valence-corrected chi connectivity index (χ3v) is 5.31. The van der Waals surface area contributed by atoms with E-state index >= 15 is 0 Å². The smallest absolute Gasteiger partial charge is 0.381 e. The highest BCUT2D eigenvalue weighted by Crippen LogP contribution is 2.36. The first kappa shape index (κ1) is 20.9. The SMILES string of the molecule is C1CCN(CC2CCOC2)CC1.FC(F)(F)c1ccccc1-c1ccccc1. The molecule has 2 aromatic carbocycles. The van der Waals surface area contributed by atoms with Crippen molar-refractivity contribution in [1.29, 1.82) is 0 Å². The van der Waals surface area contributed by atoms with Crippen LogP contribution in [0.5, 0.6) is 0 Å².